The van der Waals surface area contributed by atoms with Gasteiger partial charge in [-0.15, -0.1) is 0 Å². The van der Waals surface area contributed by atoms with Crippen molar-refractivity contribution in [1.29, 1.82) is 0 Å². The lowest BCUT2D eigenvalue weighted by Gasteiger charge is -2.11. The predicted molar refractivity (Wildman–Crippen MR) is 106 cm³/mol. The van der Waals surface area contributed by atoms with Crippen molar-refractivity contribution < 1.29 is 5.11 Å². The van der Waals surface area contributed by atoms with Gasteiger partial charge in [-0.25, -0.2) is 4.79 Å². The molecule has 0 unspecified atom stereocenters. The van der Waals surface area contributed by atoms with Gasteiger partial charge in [0, 0.05) is 27.2 Å². The van der Waals surface area contributed by atoms with Crippen molar-refractivity contribution in [2.24, 2.45) is 14.1 Å². The molecule has 1 aromatic carbocycles. The van der Waals surface area contributed by atoms with Gasteiger partial charge in [-0.1, -0.05) is 29.3 Å². The Morgan fingerprint density at radius 1 is 1.15 bits per heavy atom. The van der Waals surface area contributed by atoms with E-state index in [9.17, 15) is 9.59 Å². The quantitative estimate of drug-likeness (QED) is 0.600. The zero-order valence-corrected chi connectivity index (χ0v) is 16.4. The Kier molecular flexibility index (Phi) is 5.59. The van der Waals surface area contributed by atoms with Gasteiger partial charge in [0.25, 0.3) is 5.56 Å². The van der Waals surface area contributed by atoms with E-state index in [1.165, 1.54) is 11.6 Å². The van der Waals surface area contributed by atoms with Gasteiger partial charge in [0.2, 0.25) is 5.95 Å². The van der Waals surface area contributed by atoms with Crippen LogP contribution in [0, 0.1) is 0 Å². The van der Waals surface area contributed by atoms with E-state index in [0.717, 1.165) is 10.1 Å². The molecule has 2 aromatic heterocycles. The Hall–Kier alpha value is -2.29. The van der Waals surface area contributed by atoms with E-state index in [1.807, 2.05) is 6.07 Å². The number of benzene rings is 1. The van der Waals surface area contributed by atoms with Gasteiger partial charge in [-0.2, -0.15) is 4.98 Å². The number of anilines is 1. The zero-order chi connectivity index (χ0) is 19.7. The average molecular weight is 412 g/mol. The van der Waals surface area contributed by atoms with E-state index in [1.54, 1.807) is 23.7 Å². The van der Waals surface area contributed by atoms with Crippen LogP contribution >= 0.6 is 23.2 Å². The molecule has 0 spiro atoms. The number of hydrogen-bond acceptors (Lipinski definition) is 5. The Balaban J connectivity index is 2.20. The van der Waals surface area contributed by atoms with E-state index < -0.39 is 11.2 Å². The highest BCUT2D eigenvalue weighted by molar-refractivity contribution is 6.42. The fraction of sp³-hybridized carbons (Fsp3) is 0.353. The molecule has 0 saturated carbocycles. The molecule has 27 heavy (non-hydrogen) atoms. The van der Waals surface area contributed by atoms with E-state index >= 15 is 0 Å². The number of imidazole rings is 1. The maximum absolute atomic E-state index is 12.8. The van der Waals surface area contributed by atoms with Crippen LogP contribution in [0.3, 0.4) is 0 Å². The third kappa shape index (κ3) is 3.60. The van der Waals surface area contributed by atoms with E-state index in [0.29, 0.717) is 41.0 Å². The molecular weight excluding hydrogens is 393 g/mol. The summed E-state index contributed by atoms with van der Waals surface area (Å²) in [6.07, 6.45) is 0.521. The van der Waals surface area contributed by atoms with Gasteiger partial charge in [0.1, 0.15) is 0 Å². The first-order valence-electron chi connectivity index (χ1n) is 8.30. The number of aryl methyl sites for hydroxylation is 1. The maximum Gasteiger partial charge on any atom is 0.332 e. The molecule has 144 valence electrons. The van der Waals surface area contributed by atoms with Crippen LogP contribution in [0.2, 0.25) is 10.0 Å². The summed E-state index contributed by atoms with van der Waals surface area (Å²) in [5.74, 6) is 0.433. The molecule has 0 bridgehead atoms. The second-order valence-electron chi connectivity index (χ2n) is 6.15. The monoisotopic (exact) mass is 411 g/mol. The molecule has 2 N–H and O–H groups in total. The highest BCUT2D eigenvalue weighted by atomic mass is 35.5. The van der Waals surface area contributed by atoms with Crippen molar-refractivity contribution in [2.45, 2.75) is 13.0 Å². The van der Waals surface area contributed by atoms with Crippen molar-refractivity contribution in [2.75, 3.05) is 18.5 Å². The lowest BCUT2D eigenvalue weighted by Crippen LogP contribution is -2.37. The second kappa shape index (κ2) is 7.75. The number of nitrogens with zero attached hydrogens (tertiary/aromatic N) is 4. The molecule has 3 rings (SSSR count). The molecule has 0 aliphatic rings. The van der Waals surface area contributed by atoms with Gasteiger partial charge in [0.05, 0.1) is 16.6 Å². The SMILES string of the molecule is Cn1c(=O)c2c(nc(NCCCO)n2Cc2ccc(Cl)c(Cl)c2)n(C)c1=O. The molecule has 8 nitrogen and oxygen atoms in total. The topological polar surface area (TPSA) is 94.1 Å². The van der Waals surface area contributed by atoms with Crippen LogP contribution in [0.4, 0.5) is 5.95 Å². The molecule has 10 heteroatoms. The molecule has 3 aromatic rings. The smallest absolute Gasteiger partial charge is 0.332 e. The van der Waals surface area contributed by atoms with Crippen LogP contribution in [0.5, 0.6) is 0 Å². The Bertz CT molecular complexity index is 1120. The summed E-state index contributed by atoms with van der Waals surface area (Å²) in [5, 5.41) is 13.0. The zero-order valence-electron chi connectivity index (χ0n) is 14.9. The van der Waals surface area contributed by atoms with Crippen molar-refractivity contribution in [3.63, 3.8) is 0 Å². The van der Waals surface area contributed by atoms with Crippen LogP contribution in [-0.4, -0.2) is 36.9 Å². The van der Waals surface area contributed by atoms with Crippen LogP contribution in [0.25, 0.3) is 11.2 Å². The largest absolute Gasteiger partial charge is 0.396 e. The van der Waals surface area contributed by atoms with E-state index in [2.05, 4.69) is 10.3 Å². The maximum atomic E-state index is 12.8. The van der Waals surface area contributed by atoms with Crippen LogP contribution in [0.15, 0.2) is 27.8 Å². The summed E-state index contributed by atoms with van der Waals surface area (Å²) in [6.45, 7) is 0.804. The summed E-state index contributed by atoms with van der Waals surface area (Å²) in [5.41, 5.74) is 0.529. The second-order valence-corrected chi connectivity index (χ2v) is 6.97. The summed E-state index contributed by atoms with van der Waals surface area (Å²) in [6, 6.07) is 5.22. The minimum Gasteiger partial charge on any atom is -0.396 e. The Morgan fingerprint density at radius 3 is 2.56 bits per heavy atom. The summed E-state index contributed by atoms with van der Waals surface area (Å²) >= 11 is 12.1. The highest BCUT2D eigenvalue weighted by Gasteiger charge is 2.19. The number of halogens is 2. The fourth-order valence-corrected chi connectivity index (χ4v) is 3.16. The number of rotatable bonds is 6. The van der Waals surface area contributed by atoms with Gasteiger partial charge >= 0.3 is 5.69 Å². The standard InChI is InChI=1S/C17H19Cl2N5O3/c1-22-14-13(15(26)23(2)17(22)27)24(16(21-14)20-6-3-7-25)9-10-4-5-11(18)12(19)8-10/h4-5,8,25H,3,6-7,9H2,1-2H3,(H,20,21). The number of aromatic nitrogens is 4. The van der Waals surface area contributed by atoms with Crippen molar-refractivity contribution >= 4 is 40.3 Å². The van der Waals surface area contributed by atoms with Crippen molar-refractivity contribution in [1.82, 2.24) is 18.7 Å². The van der Waals surface area contributed by atoms with Gasteiger partial charge in [-0.05, 0) is 24.1 Å². The summed E-state index contributed by atoms with van der Waals surface area (Å²) < 4.78 is 4.08. The van der Waals surface area contributed by atoms with Crippen LogP contribution in [0.1, 0.15) is 12.0 Å². The normalized spacial score (nSPS) is 11.3. The van der Waals surface area contributed by atoms with Crippen LogP contribution in [-0.2, 0) is 20.6 Å². The first-order valence-corrected chi connectivity index (χ1v) is 9.05. The van der Waals surface area contributed by atoms with Crippen molar-refractivity contribution in [3.05, 3.63) is 54.6 Å². The number of aliphatic hydroxyl groups excluding tert-OH is 1. The molecule has 0 radical (unpaired) electrons. The molecule has 0 atom stereocenters. The molecule has 0 saturated heterocycles. The molecule has 0 amide bonds. The van der Waals surface area contributed by atoms with E-state index in [4.69, 9.17) is 28.3 Å². The van der Waals surface area contributed by atoms with Crippen LogP contribution < -0.4 is 16.6 Å². The molecule has 0 fully saturated rings. The highest BCUT2D eigenvalue weighted by Crippen LogP contribution is 2.24. The predicted octanol–water partition coefficient (Wildman–Crippen LogP) is 1.58. The molecule has 2 heterocycles. The van der Waals surface area contributed by atoms with Gasteiger partial charge in [0.15, 0.2) is 11.2 Å². The Morgan fingerprint density at radius 2 is 1.89 bits per heavy atom. The van der Waals surface area contributed by atoms with Gasteiger partial charge in [-0.3, -0.25) is 18.5 Å². The van der Waals surface area contributed by atoms with E-state index in [-0.39, 0.29) is 12.3 Å². The number of aliphatic hydroxyl groups is 1. The number of nitrogens with one attached hydrogen (secondary N) is 1. The first kappa shape index (κ1) is 19.5. The first-order chi connectivity index (χ1) is 12.8. The lowest BCUT2D eigenvalue weighted by atomic mass is 10.2. The Labute approximate surface area is 164 Å². The average Bonchev–Trinajstić information content (AvgIpc) is 3.00. The third-order valence-corrected chi connectivity index (χ3v) is 5.03. The summed E-state index contributed by atoms with van der Waals surface area (Å²) in [7, 11) is 3.00. The summed E-state index contributed by atoms with van der Waals surface area (Å²) in [4.78, 5) is 29.4. The minimum atomic E-state index is -0.450. The fourth-order valence-electron chi connectivity index (χ4n) is 2.84. The molecular formula is C17H19Cl2N5O3. The molecule has 0 aliphatic heterocycles. The number of hydrogen-bond donors (Lipinski definition) is 2. The molecule has 0 aliphatic carbocycles. The lowest BCUT2D eigenvalue weighted by molar-refractivity contribution is 0.292. The third-order valence-electron chi connectivity index (χ3n) is 4.29. The number of fused-ring (bicyclic) bond motifs is 1. The van der Waals surface area contributed by atoms with Gasteiger partial charge < -0.3 is 10.4 Å². The minimum absolute atomic E-state index is 0.0280. The van der Waals surface area contributed by atoms with Crippen molar-refractivity contribution in [3.8, 4) is 0 Å².